The van der Waals surface area contributed by atoms with E-state index in [0.717, 1.165) is 32.1 Å². The minimum atomic E-state index is -0.777. The maximum absolute atomic E-state index is 11.3. The van der Waals surface area contributed by atoms with Crippen molar-refractivity contribution in [3.8, 4) is 0 Å². The highest BCUT2D eigenvalue weighted by molar-refractivity contribution is 8.76. The minimum absolute atomic E-state index is 0.147. The molecule has 0 saturated heterocycles. The van der Waals surface area contributed by atoms with Crippen LogP contribution in [0.3, 0.4) is 0 Å². The van der Waals surface area contributed by atoms with Crippen molar-refractivity contribution in [3.63, 3.8) is 0 Å². The zero-order valence-corrected chi connectivity index (χ0v) is 19.7. The van der Waals surface area contributed by atoms with Crippen LogP contribution in [0.5, 0.6) is 0 Å². The number of methoxy groups -OCH3 is 1. The van der Waals surface area contributed by atoms with Gasteiger partial charge in [-0.05, 0) is 73.2 Å². The van der Waals surface area contributed by atoms with Gasteiger partial charge in [-0.25, -0.2) is 0 Å². The maximum atomic E-state index is 11.3. The molecule has 0 aliphatic heterocycles. The molecule has 0 saturated carbocycles. The number of esters is 1. The molecule has 0 atom stereocenters. The minimum Gasteiger partial charge on any atom is -0.481 e. The molecule has 31 heavy (non-hydrogen) atoms. The third-order valence-corrected chi connectivity index (χ3v) is 7.03. The summed E-state index contributed by atoms with van der Waals surface area (Å²) in [6, 6.07) is 16.6. The fourth-order valence-corrected chi connectivity index (χ4v) is 4.85. The third-order valence-electron chi connectivity index (χ3n) is 4.65. The quantitative estimate of drug-likeness (QED) is 0.287. The van der Waals surface area contributed by atoms with E-state index in [0.29, 0.717) is 19.3 Å². The van der Waals surface area contributed by atoms with E-state index in [-0.39, 0.29) is 12.4 Å². The van der Waals surface area contributed by atoms with Crippen molar-refractivity contribution >= 4 is 44.7 Å². The van der Waals surface area contributed by atoms with E-state index in [4.69, 9.17) is 5.11 Å². The first kappa shape index (κ1) is 24.8. The Kier molecular flexibility index (Phi) is 10.5. The molecule has 0 aliphatic rings. The lowest BCUT2D eigenvalue weighted by Gasteiger charge is -2.07. The number of ether oxygens (including phenoxy) is 1. The van der Waals surface area contributed by atoms with Crippen molar-refractivity contribution in [2.75, 3.05) is 7.11 Å². The van der Waals surface area contributed by atoms with E-state index >= 15 is 0 Å². The monoisotopic (exact) mass is 456 g/mol. The molecule has 0 radical (unpaired) electrons. The Morgan fingerprint density at radius 1 is 0.871 bits per heavy atom. The van der Waals surface area contributed by atoms with Crippen LogP contribution in [0.2, 0.25) is 0 Å². The Bertz CT molecular complexity index is 963. The molecule has 1 N–H and O–H groups in total. The number of carbonyl (C=O) groups excluding carboxylic acids is 1. The van der Waals surface area contributed by atoms with Crippen LogP contribution in [0.1, 0.15) is 50.7 Å². The lowest BCUT2D eigenvalue weighted by Crippen LogP contribution is -1.98. The molecule has 0 unspecified atom stereocenters. The highest BCUT2D eigenvalue weighted by Crippen LogP contribution is 2.39. The molecule has 4 nitrogen and oxygen atoms in total. The van der Waals surface area contributed by atoms with Gasteiger partial charge in [0.15, 0.2) is 0 Å². The molecule has 2 rings (SSSR count). The summed E-state index contributed by atoms with van der Waals surface area (Å²) >= 11 is 0. The summed E-state index contributed by atoms with van der Waals surface area (Å²) in [6.07, 6.45) is 5.77. The number of carbonyl (C=O) groups is 2. The van der Waals surface area contributed by atoms with Crippen LogP contribution in [0.25, 0.3) is 11.1 Å². The van der Waals surface area contributed by atoms with Gasteiger partial charge in [0.05, 0.1) is 7.11 Å². The van der Waals surface area contributed by atoms with Crippen molar-refractivity contribution in [2.24, 2.45) is 0 Å². The molecule has 164 valence electrons. The zero-order valence-electron chi connectivity index (χ0n) is 18.1. The Morgan fingerprint density at radius 2 is 1.35 bits per heavy atom. The molecule has 0 spiro atoms. The van der Waals surface area contributed by atoms with Crippen molar-refractivity contribution < 1.29 is 19.4 Å². The number of allylic oxidation sites excluding steroid dienone is 4. The van der Waals surface area contributed by atoms with E-state index in [1.807, 2.05) is 31.2 Å². The second-order valence-electron chi connectivity index (χ2n) is 7.04. The molecule has 0 fully saturated rings. The Labute approximate surface area is 192 Å². The second kappa shape index (κ2) is 13.1. The van der Waals surface area contributed by atoms with E-state index in [1.165, 1.54) is 7.11 Å². The summed E-state index contributed by atoms with van der Waals surface area (Å²) in [7, 11) is 4.80. The van der Waals surface area contributed by atoms with Gasteiger partial charge in [-0.2, -0.15) is 0 Å². The second-order valence-corrected chi connectivity index (χ2v) is 9.32. The Balaban J connectivity index is 1.99. The highest BCUT2D eigenvalue weighted by atomic mass is 33.1. The van der Waals surface area contributed by atoms with Gasteiger partial charge < -0.3 is 9.84 Å². The molecule has 0 amide bonds. The summed E-state index contributed by atoms with van der Waals surface area (Å²) in [4.78, 5) is 24.3. The molecule has 2 aromatic rings. The number of carboxylic acid groups (broad SMARTS) is 1. The molecule has 0 aromatic heterocycles. The van der Waals surface area contributed by atoms with Crippen molar-refractivity contribution in [1.82, 2.24) is 0 Å². The summed E-state index contributed by atoms with van der Waals surface area (Å²) in [5.74, 6) is -0.973. The first-order chi connectivity index (χ1) is 14.9. The molecule has 0 aliphatic carbocycles. The molecular formula is C25H28O4S2. The fourth-order valence-electron chi connectivity index (χ4n) is 2.84. The van der Waals surface area contributed by atoms with Gasteiger partial charge in [-0.3, -0.25) is 9.59 Å². The van der Waals surface area contributed by atoms with Gasteiger partial charge in [0.2, 0.25) is 0 Å². The number of hydrogen-bond acceptors (Lipinski definition) is 5. The lowest BCUT2D eigenvalue weighted by atomic mass is 10.1. The average Bonchev–Trinajstić information content (AvgIpc) is 2.77. The lowest BCUT2D eigenvalue weighted by molar-refractivity contribution is -0.140. The molecule has 0 heterocycles. The van der Waals surface area contributed by atoms with Crippen LogP contribution in [-0.4, -0.2) is 24.2 Å². The van der Waals surface area contributed by atoms with Gasteiger partial charge in [0.1, 0.15) is 0 Å². The number of benzene rings is 2. The van der Waals surface area contributed by atoms with Crippen LogP contribution in [0.4, 0.5) is 0 Å². The standard InChI is InChI=1S/C25H28O4S2/c1-18(8-4-14-24(26)27)20-10-6-12-22(16-20)30-31-23-13-7-11-21(17-23)19(2)9-5-15-25(28)29-3/h6-13,16-17H,4-5,14-15H2,1-3H3,(H,26,27)/b18-8+,19-9?. The van der Waals surface area contributed by atoms with Gasteiger partial charge in [0, 0.05) is 22.6 Å². The first-order valence-electron chi connectivity index (χ1n) is 10.1. The van der Waals surface area contributed by atoms with E-state index in [1.54, 1.807) is 21.6 Å². The SMILES string of the molecule is COC(=O)CCC=C(C)c1cccc(SSc2cccc(/C(C)=C/CCC(=O)O)c2)c1. The number of aliphatic carboxylic acids is 1. The fraction of sp³-hybridized carbons (Fsp3) is 0.280. The van der Waals surface area contributed by atoms with Gasteiger partial charge >= 0.3 is 11.9 Å². The number of carboxylic acids is 1. The normalized spacial score (nSPS) is 12.0. The Morgan fingerprint density at radius 3 is 1.81 bits per heavy atom. The van der Waals surface area contributed by atoms with Crippen molar-refractivity contribution in [2.45, 2.75) is 49.3 Å². The van der Waals surface area contributed by atoms with E-state index in [9.17, 15) is 9.59 Å². The van der Waals surface area contributed by atoms with Gasteiger partial charge in [-0.15, -0.1) is 0 Å². The summed E-state index contributed by atoms with van der Waals surface area (Å²) in [5.41, 5.74) is 4.47. The molecule has 2 aromatic carbocycles. The van der Waals surface area contributed by atoms with Crippen molar-refractivity contribution in [3.05, 3.63) is 71.8 Å². The molecule has 0 bridgehead atoms. The van der Waals surface area contributed by atoms with Gasteiger partial charge in [-0.1, -0.05) is 58.0 Å². The summed E-state index contributed by atoms with van der Waals surface area (Å²) in [5, 5.41) is 8.79. The number of hydrogen-bond donors (Lipinski definition) is 1. The molecular weight excluding hydrogens is 428 g/mol. The van der Waals surface area contributed by atoms with Crippen molar-refractivity contribution in [1.29, 1.82) is 0 Å². The Hall–Kier alpha value is -2.44. The predicted molar refractivity (Wildman–Crippen MR) is 130 cm³/mol. The van der Waals surface area contributed by atoms with Crippen LogP contribution >= 0.6 is 21.6 Å². The smallest absolute Gasteiger partial charge is 0.305 e. The third kappa shape index (κ3) is 9.07. The van der Waals surface area contributed by atoms with Crippen LogP contribution in [0.15, 0.2) is 70.5 Å². The topological polar surface area (TPSA) is 63.6 Å². The maximum Gasteiger partial charge on any atom is 0.305 e. The number of rotatable bonds is 11. The highest BCUT2D eigenvalue weighted by Gasteiger charge is 2.04. The summed E-state index contributed by atoms with van der Waals surface area (Å²) in [6.45, 7) is 4.06. The van der Waals surface area contributed by atoms with E-state index < -0.39 is 5.97 Å². The predicted octanol–water partition coefficient (Wildman–Crippen LogP) is 7.11. The summed E-state index contributed by atoms with van der Waals surface area (Å²) < 4.78 is 4.68. The van der Waals surface area contributed by atoms with Gasteiger partial charge in [0.25, 0.3) is 0 Å². The average molecular weight is 457 g/mol. The van der Waals surface area contributed by atoms with Crippen LogP contribution in [-0.2, 0) is 14.3 Å². The van der Waals surface area contributed by atoms with Crippen LogP contribution < -0.4 is 0 Å². The van der Waals surface area contributed by atoms with E-state index in [2.05, 4.69) is 48.1 Å². The van der Waals surface area contributed by atoms with Crippen LogP contribution in [0, 0.1) is 0 Å². The zero-order chi connectivity index (χ0) is 22.6. The molecule has 6 heteroatoms. The first-order valence-corrected chi connectivity index (χ1v) is 12.2. The largest absolute Gasteiger partial charge is 0.481 e.